The van der Waals surface area contributed by atoms with Crippen molar-refractivity contribution in [1.29, 1.82) is 0 Å². The lowest BCUT2D eigenvalue weighted by Gasteiger charge is -2.24. The highest BCUT2D eigenvalue weighted by atomic mass is 32.1. The number of thiophene rings is 1. The predicted molar refractivity (Wildman–Crippen MR) is 112 cm³/mol. The second kappa shape index (κ2) is 10.7. The van der Waals surface area contributed by atoms with Crippen LogP contribution in [0.25, 0.3) is 0 Å². The quantitative estimate of drug-likeness (QED) is 0.253. The summed E-state index contributed by atoms with van der Waals surface area (Å²) in [5.74, 6) is 4.92. The molecule has 4 N–H and O–H groups in total. The molecule has 188 valence electrons. The van der Waals surface area contributed by atoms with Gasteiger partial charge in [0.15, 0.2) is 0 Å². The molecule has 0 fully saturated rings. The van der Waals surface area contributed by atoms with Crippen molar-refractivity contribution in [3.05, 3.63) is 51.2 Å². The third-order valence-electron chi connectivity index (χ3n) is 4.29. The summed E-state index contributed by atoms with van der Waals surface area (Å²) in [6.07, 6.45) is -9.52. The van der Waals surface area contributed by atoms with Crippen LogP contribution in [-0.2, 0) is 27.9 Å². The van der Waals surface area contributed by atoms with E-state index in [0.717, 1.165) is 10.9 Å². The van der Waals surface area contributed by atoms with Crippen LogP contribution in [0.3, 0.4) is 0 Å². The number of aryl methyl sites for hydroxylation is 1. The first kappa shape index (κ1) is 28.2. The smallest absolute Gasteiger partial charge is 0.469 e. The highest BCUT2D eigenvalue weighted by molar-refractivity contribution is 7.46. The van der Waals surface area contributed by atoms with Gasteiger partial charge in [-0.05, 0) is 50.1 Å². The van der Waals surface area contributed by atoms with Crippen molar-refractivity contribution in [2.24, 2.45) is 5.73 Å². The van der Waals surface area contributed by atoms with Gasteiger partial charge in [0, 0.05) is 10.4 Å². The summed E-state index contributed by atoms with van der Waals surface area (Å²) in [5.41, 5.74) is 1.34. The Bertz CT molecular complexity index is 1100. The molecular weight excluding hydrogens is 511 g/mol. The molecule has 0 saturated carbocycles. The van der Waals surface area contributed by atoms with E-state index in [1.165, 1.54) is 11.3 Å². The van der Waals surface area contributed by atoms with E-state index in [1.807, 2.05) is 0 Å². The minimum Gasteiger partial charge on any atom is -0.481 e. The minimum atomic E-state index is -5.20. The van der Waals surface area contributed by atoms with Gasteiger partial charge in [0.05, 0.1) is 22.6 Å². The zero-order chi connectivity index (χ0) is 25.8. The monoisotopic (exact) mass is 531 g/mol. The van der Waals surface area contributed by atoms with Gasteiger partial charge in [-0.3, -0.25) is 4.52 Å². The average Bonchev–Trinajstić information content (AvgIpc) is 3.14. The van der Waals surface area contributed by atoms with Crippen LogP contribution < -0.4 is 10.5 Å². The zero-order valence-corrected chi connectivity index (χ0v) is 19.2. The molecule has 0 amide bonds. The summed E-state index contributed by atoms with van der Waals surface area (Å²) in [6.45, 7) is 0.892. The Balaban J connectivity index is 1.95. The Morgan fingerprint density at radius 2 is 1.71 bits per heavy atom. The van der Waals surface area contributed by atoms with E-state index in [1.54, 1.807) is 19.1 Å². The predicted octanol–water partition coefficient (Wildman–Crippen LogP) is 4.98. The molecule has 0 spiro atoms. The van der Waals surface area contributed by atoms with Gasteiger partial charge < -0.3 is 20.3 Å². The van der Waals surface area contributed by atoms with Crippen molar-refractivity contribution in [3.8, 4) is 17.6 Å². The van der Waals surface area contributed by atoms with Crippen LogP contribution in [0.15, 0.2) is 30.3 Å². The number of halogens is 6. The van der Waals surface area contributed by atoms with Crippen LogP contribution in [-0.4, -0.2) is 28.5 Å². The fraction of sp³-hybridized carbons (Fsp3) is 0.400. The number of nitrogens with two attached hydrogens (primary N) is 1. The summed E-state index contributed by atoms with van der Waals surface area (Å²) < 4.78 is 97.6. The maximum absolute atomic E-state index is 13.0. The van der Waals surface area contributed by atoms with Gasteiger partial charge in [-0.25, -0.2) is 4.57 Å². The Hall–Kier alpha value is -2.07. The minimum absolute atomic E-state index is 0.285. The SMILES string of the molecule is CC(N)(CCc1ccc(C#CCOc2ccc(C(F)(F)F)c(C(F)(F)F)c2)s1)COP(=O)(O)O. The standard InChI is InChI=1S/C20H20F6NO5PS/c1-18(27,12-32-33(28,29)30)9-8-15-6-5-14(34-15)3-2-10-31-13-4-7-16(19(21,22)23)17(11-13)20(24,25)26/h4-7,11H,8-10,12,27H2,1H3,(H2,28,29,30). The fourth-order valence-corrected chi connectivity index (χ4v) is 3.97. The second-order valence-corrected chi connectivity index (χ2v) is 9.89. The summed E-state index contributed by atoms with van der Waals surface area (Å²) in [4.78, 5) is 19.0. The van der Waals surface area contributed by atoms with Gasteiger partial charge in [0.2, 0.25) is 0 Å². The molecule has 0 saturated heterocycles. The summed E-state index contributed by atoms with van der Waals surface area (Å²) in [5, 5.41) is 0. The molecule has 1 unspecified atom stereocenters. The molecule has 0 aliphatic carbocycles. The normalized spacial score (nSPS) is 14.3. The molecule has 0 aliphatic rings. The van der Waals surface area contributed by atoms with Crippen molar-refractivity contribution >= 4 is 19.2 Å². The number of phosphoric acid groups is 1. The largest absolute Gasteiger partial charge is 0.481 e. The van der Waals surface area contributed by atoms with Gasteiger partial charge in [-0.2, -0.15) is 26.3 Å². The van der Waals surface area contributed by atoms with Gasteiger partial charge in [-0.1, -0.05) is 11.8 Å². The van der Waals surface area contributed by atoms with Crippen LogP contribution in [0.4, 0.5) is 26.3 Å². The van der Waals surface area contributed by atoms with Crippen molar-refractivity contribution in [3.63, 3.8) is 0 Å². The summed E-state index contributed by atoms with van der Waals surface area (Å²) >= 11 is 1.30. The molecule has 1 heterocycles. The van der Waals surface area contributed by atoms with Gasteiger partial charge in [0.1, 0.15) is 12.4 Å². The van der Waals surface area contributed by atoms with Crippen LogP contribution >= 0.6 is 19.2 Å². The van der Waals surface area contributed by atoms with E-state index >= 15 is 0 Å². The molecule has 2 aromatic rings. The van der Waals surface area contributed by atoms with E-state index in [2.05, 4.69) is 16.4 Å². The molecule has 14 heteroatoms. The Labute approximate surface area is 194 Å². The molecule has 0 aliphatic heterocycles. The van der Waals surface area contributed by atoms with Crippen LogP contribution in [0.5, 0.6) is 5.75 Å². The van der Waals surface area contributed by atoms with E-state index in [4.69, 9.17) is 20.3 Å². The number of ether oxygens (including phenoxy) is 1. The third kappa shape index (κ3) is 9.29. The summed E-state index contributed by atoms with van der Waals surface area (Å²) in [7, 11) is -4.63. The molecule has 1 aromatic heterocycles. The first-order valence-electron chi connectivity index (χ1n) is 9.44. The zero-order valence-electron chi connectivity index (χ0n) is 17.5. The number of rotatable bonds is 8. The molecule has 2 rings (SSSR count). The van der Waals surface area contributed by atoms with E-state index in [-0.39, 0.29) is 19.3 Å². The van der Waals surface area contributed by atoms with Crippen molar-refractivity contribution < 1.29 is 50.0 Å². The number of benzene rings is 1. The fourth-order valence-electron chi connectivity index (χ4n) is 2.63. The topological polar surface area (TPSA) is 102 Å². The first-order valence-corrected chi connectivity index (χ1v) is 11.8. The molecule has 1 atom stereocenters. The molecule has 6 nitrogen and oxygen atoms in total. The Morgan fingerprint density at radius 3 is 2.29 bits per heavy atom. The lowest BCUT2D eigenvalue weighted by molar-refractivity contribution is -0.162. The van der Waals surface area contributed by atoms with E-state index in [9.17, 15) is 30.9 Å². The molecule has 0 radical (unpaired) electrons. The molecule has 0 bridgehead atoms. The van der Waals surface area contributed by atoms with Crippen LogP contribution in [0.2, 0.25) is 0 Å². The molecule has 34 heavy (non-hydrogen) atoms. The maximum atomic E-state index is 13.0. The lowest BCUT2D eigenvalue weighted by atomic mass is 9.98. The number of phosphoric ester groups is 1. The van der Waals surface area contributed by atoms with Crippen molar-refractivity contribution in [1.82, 2.24) is 0 Å². The van der Waals surface area contributed by atoms with Gasteiger partial charge in [0.25, 0.3) is 0 Å². The number of hydrogen-bond donors (Lipinski definition) is 3. The Morgan fingerprint density at radius 1 is 1.06 bits per heavy atom. The van der Waals surface area contributed by atoms with Crippen molar-refractivity contribution in [2.45, 2.75) is 37.7 Å². The van der Waals surface area contributed by atoms with Crippen LogP contribution in [0.1, 0.15) is 34.2 Å². The van der Waals surface area contributed by atoms with Crippen molar-refractivity contribution in [2.75, 3.05) is 13.2 Å². The van der Waals surface area contributed by atoms with Gasteiger partial charge >= 0.3 is 20.2 Å². The Kier molecular flexibility index (Phi) is 8.85. The van der Waals surface area contributed by atoms with Crippen LogP contribution in [0, 0.1) is 11.8 Å². The van der Waals surface area contributed by atoms with Gasteiger partial charge in [-0.15, -0.1) is 11.3 Å². The number of hydrogen-bond acceptors (Lipinski definition) is 5. The third-order valence-corrected chi connectivity index (χ3v) is 5.82. The maximum Gasteiger partial charge on any atom is 0.469 e. The molecule has 1 aromatic carbocycles. The highest BCUT2D eigenvalue weighted by Crippen LogP contribution is 2.41. The summed E-state index contributed by atoms with van der Waals surface area (Å²) in [6, 6.07) is 4.85. The lowest BCUT2D eigenvalue weighted by Crippen LogP contribution is -2.41. The average molecular weight is 531 g/mol. The molecular formula is C20H20F6NO5PS. The van der Waals surface area contributed by atoms with E-state index < -0.39 is 42.6 Å². The van der Waals surface area contributed by atoms with E-state index in [0.29, 0.717) is 23.8 Å². The second-order valence-electron chi connectivity index (χ2n) is 7.48. The first-order chi connectivity index (χ1) is 15.5. The number of alkyl halides is 6. The highest BCUT2D eigenvalue weighted by Gasteiger charge is 2.43.